The number of para-hydroxylation sites is 1. The lowest BCUT2D eigenvalue weighted by Gasteiger charge is -2.27. The number of aryl methyl sites for hydroxylation is 1. The van der Waals surface area contributed by atoms with E-state index in [4.69, 9.17) is 11.6 Å². The zero-order valence-electron chi connectivity index (χ0n) is 12.4. The van der Waals surface area contributed by atoms with Crippen LogP contribution in [0.5, 0.6) is 0 Å². The number of hydrogen-bond donors (Lipinski definition) is 1. The van der Waals surface area contributed by atoms with E-state index in [0.29, 0.717) is 0 Å². The summed E-state index contributed by atoms with van der Waals surface area (Å²) in [7, 11) is 1.97. The summed E-state index contributed by atoms with van der Waals surface area (Å²) in [5.74, 6) is 0. The van der Waals surface area contributed by atoms with Gasteiger partial charge in [-0.05, 0) is 42.6 Å². The second-order valence-corrected chi connectivity index (χ2v) is 5.98. The van der Waals surface area contributed by atoms with Gasteiger partial charge in [0, 0.05) is 19.6 Å². The van der Waals surface area contributed by atoms with Crippen molar-refractivity contribution in [1.82, 2.24) is 5.32 Å². The number of benzene rings is 2. The third-order valence-electron chi connectivity index (χ3n) is 4.11. The molecule has 1 N–H and O–H groups in total. The van der Waals surface area contributed by atoms with E-state index in [1.807, 2.05) is 19.2 Å². The molecular weight excluding hydrogens is 280 g/mol. The molecule has 2 aromatic carbocycles. The maximum absolute atomic E-state index is 6.51. The van der Waals surface area contributed by atoms with Crippen molar-refractivity contribution < 1.29 is 0 Å². The minimum absolute atomic E-state index is 0.841. The van der Waals surface area contributed by atoms with Crippen LogP contribution >= 0.6 is 11.6 Å². The molecule has 0 atom stereocenters. The molecule has 110 valence electrons. The first-order valence-electron chi connectivity index (χ1n) is 7.53. The molecule has 0 fully saturated rings. The summed E-state index contributed by atoms with van der Waals surface area (Å²) in [5, 5.41) is 4.09. The van der Waals surface area contributed by atoms with Gasteiger partial charge in [0.1, 0.15) is 0 Å². The van der Waals surface area contributed by atoms with E-state index in [0.717, 1.165) is 31.1 Å². The average Bonchev–Trinajstić information content (AvgIpc) is 2.70. The summed E-state index contributed by atoms with van der Waals surface area (Å²) in [6.07, 6.45) is 2.32. The smallest absolute Gasteiger partial charge is 0.0643 e. The van der Waals surface area contributed by atoms with Crippen LogP contribution in [-0.2, 0) is 19.5 Å². The van der Waals surface area contributed by atoms with Gasteiger partial charge >= 0.3 is 0 Å². The third-order valence-corrected chi connectivity index (χ3v) is 4.41. The number of nitrogens with zero attached hydrogens (tertiary/aromatic N) is 1. The summed E-state index contributed by atoms with van der Waals surface area (Å²) in [6.45, 7) is 2.83. The maximum atomic E-state index is 6.51. The fourth-order valence-electron chi connectivity index (χ4n) is 3.14. The van der Waals surface area contributed by atoms with Crippen LogP contribution in [0.3, 0.4) is 0 Å². The molecule has 0 radical (unpaired) electrons. The number of fused-ring (bicyclic) bond motifs is 1. The highest BCUT2D eigenvalue weighted by Gasteiger charge is 2.18. The lowest BCUT2D eigenvalue weighted by molar-refractivity contribution is 0.749. The highest BCUT2D eigenvalue weighted by atomic mass is 35.5. The Morgan fingerprint density at radius 2 is 1.90 bits per heavy atom. The van der Waals surface area contributed by atoms with E-state index >= 15 is 0 Å². The normalized spacial score (nSPS) is 14.7. The summed E-state index contributed by atoms with van der Waals surface area (Å²) >= 11 is 6.51. The van der Waals surface area contributed by atoms with Gasteiger partial charge in [-0.25, -0.2) is 0 Å². The number of rotatable bonds is 3. The predicted octanol–water partition coefficient (Wildman–Crippen LogP) is 4.01. The summed E-state index contributed by atoms with van der Waals surface area (Å²) < 4.78 is 0. The van der Waals surface area contributed by atoms with Crippen LogP contribution in [-0.4, -0.2) is 13.6 Å². The minimum Gasteiger partial charge on any atom is -0.366 e. The second-order valence-electron chi connectivity index (χ2n) is 5.57. The lowest BCUT2D eigenvalue weighted by Crippen LogP contribution is -2.25. The van der Waals surface area contributed by atoms with Gasteiger partial charge < -0.3 is 10.2 Å². The zero-order chi connectivity index (χ0) is 14.7. The maximum Gasteiger partial charge on any atom is 0.0643 e. The van der Waals surface area contributed by atoms with Gasteiger partial charge in [-0.2, -0.15) is 0 Å². The Kier molecular flexibility index (Phi) is 4.47. The molecule has 1 aliphatic rings. The van der Waals surface area contributed by atoms with Gasteiger partial charge in [0.15, 0.2) is 0 Å². The Bertz CT molecular complexity index is 624. The van der Waals surface area contributed by atoms with Gasteiger partial charge in [-0.1, -0.05) is 48.0 Å². The van der Waals surface area contributed by atoms with Crippen molar-refractivity contribution in [2.45, 2.75) is 25.9 Å². The van der Waals surface area contributed by atoms with E-state index in [1.165, 1.54) is 28.8 Å². The van der Waals surface area contributed by atoms with Crippen LogP contribution in [0.25, 0.3) is 0 Å². The quantitative estimate of drug-likeness (QED) is 0.921. The van der Waals surface area contributed by atoms with E-state index in [1.54, 1.807) is 0 Å². The van der Waals surface area contributed by atoms with E-state index in [2.05, 4.69) is 40.5 Å². The Balaban J connectivity index is 1.97. The van der Waals surface area contributed by atoms with Crippen LogP contribution in [0, 0.1) is 0 Å². The molecular formula is C18H21ClN2. The number of nitrogens with one attached hydrogen (secondary N) is 1. The standard InChI is InChI=1S/C18H21ClN2/c1-20-12-15-8-4-10-17(19)18(15)21-11-5-9-14-6-2-3-7-16(14)13-21/h2-4,6-8,10,20H,5,9,11-13H2,1H3. The van der Waals surface area contributed by atoms with Crippen LogP contribution in [0.2, 0.25) is 5.02 Å². The molecule has 0 unspecified atom stereocenters. The first kappa shape index (κ1) is 14.4. The highest BCUT2D eigenvalue weighted by Crippen LogP contribution is 2.33. The monoisotopic (exact) mass is 300 g/mol. The second kappa shape index (κ2) is 6.50. The minimum atomic E-state index is 0.841. The fourth-order valence-corrected chi connectivity index (χ4v) is 3.45. The van der Waals surface area contributed by atoms with Crippen LogP contribution in [0.4, 0.5) is 5.69 Å². The van der Waals surface area contributed by atoms with Gasteiger partial charge in [-0.3, -0.25) is 0 Å². The lowest BCUT2D eigenvalue weighted by atomic mass is 10.0. The summed E-state index contributed by atoms with van der Waals surface area (Å²) in [4.78, 5) is 2.43. The number of halogens is 1. The van der Waals surface area contributed by atoms with Gasteiger partial charge in [0.25, 0.3) is 0 Å². The van der Waals surface area contributed by atoms with Crippen molar-refractivity contribution in [3.63, 3.8) is 0 Å². The average molecular weight is 301 g/mol. The van der Waals surface area contributed by atoms with Crippen LogP contribution < -0.4 is 10.2 Å². The molecule has 0 amide bonds. The van der Waals surface area contributed by atoms with Crippen molar-refractivity contribution in [2.75, 3.05) is 18.5 Å². The molecule has 0 saturated carbocycles. The van der Waals surface area contributed by atoms with E-state index < -0.39 is 0 Å². The predicted molar refractivity (Wildman–Crippen MR) is 90.0 cm³/mol. The molecule has 2 aromatic rings. The van der Waals surface area contributed by atoms with Gasteiger partial charge in [0.05, 0.1) is 10.7 Å². The molecule has 1 aliphatic heterocycles. The van der Waals surface area contributed by atoms with Crippen LogP contribution in [0.15, 0.2) is 42.5 Å². The summed E-state index contributed by atoms with van der Waals surface area (Å²) in [6, 6.07) is 14.9. The molecule has 21 heavy (non-hydrogen) atoms. The van der Waals surface area contributed by atoms with Crippen molar-refractivity contribution in [3.8, 4) is 0 Å². The van der Waals surface area contributed by atoms with Crippen molar-refractivity contribution in [2.24, 2.45) is 0 Å². The molecule has 2 nitrogen and oxygen atoms in total. The van der Waals surface area contributed by atoms with Gasteiger partial charge in [0.2, 0.25) is 0 Å². The molecule has 3 heteroatoms. The number of hydrogen-bond acceptors (Lipinski definition) is 2. The summed E-state index contributed by atoms with van der Waals surface area (Å²) in [5.41, 5.74) is 5.35. The highest BCUT2D eigenvalue weighted by molar-refractivity contribution is 6.33. The Labute approximate surface area is 131 Å². The van der Waals surface area contributed by atoms with E-state index in [9.17, 15) is 0 Å². The molecule has 0 aliphatic carbocycles. The van der Waals surface area contributed by atoms with Gasteiger partial charge in [-0.15, -0.1) is 0 Å². The largest absolute Gasteiger partial charge is 0.366 e. The molecule has 0 aromatic heterocycles. The van der Waals surface area contributed by atoms with Crippen LogP contribution in [0.1, 0.15) is 23.1 Å². The third kappa shape index (κ3) is 3.07. The molecule has 0 bridgehead atoms. The first-order chi connectivity index (χ1) is 10.3. The topological polar surface area (TPSA) is 15.3 Å². The van der Waals surface area contributed by atoms with Crippen molar-refractivity contribution in [3.05, 3.63) is 64.2 Å². The van der Waals surface area contributed by atoms with Crippen molar-refractivity contribution in [1.29, 1.82) is 0 Å². The van der Waals surface area contributed by atoms with E-state index in [-0.39, 0.29) is 0 Å². The molecule has 1 heterocycles. The Morgan fingerprint density at radius 1 is 1.10 bits per heavy atom. The SMILES string of the molecule is CNCc1cccc(Cl)c1N1CCCc2ccccc2C1. The number of anilines is 1. The first-order valence-corrected chi connectivity index (χ1v) is 7.91. The molecule has 0 saturated heterocycles. The van der Waals surface area contributed by atoms with Crippen molar-refractivity contribution >= 4 is 17.3 Å². The fraction of sp³-hybridized carbons (Fsp3) is 0.333. The molecule has 0 spiro atoms. The Hall–Kier alpha value is -1.51. The molecule has 3 rings (SSSR count). The Morgan fingerprint density at radius 3 is 2.71 bits per heavy atom. The zero-order valence-corrected chi connectivity index (χ0v) is 13.2.